The molecule has 0 N–H and O–H groups in total. The second-order valence-corrected chi connectivity index (χ2v) is 4.84. The number of rotatable bonds is 7. The Morgan fingerprint density at radius 1 is 1.32 bits per heavy atom. The van der Waals surface area contributed by atoms with E-state index >= 15 is 0 Å². The molecule has 0 unspecified atom stereocenters. The van der Waals surface area contributed by atoms with Crippen LogP contribution < -0.4 is 9.47 Å². The summed E-state index contributed by atoms with van der Waals surface area (Å²) in [6, 6.07) is 6.94. The van der Waals surface area contributed by atoms with E-state index in [1.807, 2.05) is 24.3 Å². The fourth-order valence-corrected chi connectivity index (χ4v) is 1.93. The number of hydrogen-bond acceptors (Lipinski definition) is 5. The van der Waals surface area contributed by atoms with Crippen molar-refractivity contribution in [3.8, 4) is 11.5 Å². The third-order valence-corrected chi connectivity index (χ3v) is 3.32. The number of likely N-dealkylation sites (N-methyl/N-ethyl adjacent to an activating group) is 1. The topological polar surface area (TPSA) is 69.5 Å². The highest BCUT2D eigenvalue weighted by atomic mass is 16.5. The monoisotopic (exact) mass is 304 g/mol. The van der Waals surface area contributed by atoms with Gasteiger partial charge in [-0.25, -0.2) is 9.67 Å². The Hall–Kier alpha value is -2.57. The number of hydrogen-bond donors (Lipinski definition) is 0. The molecule has 0 aliphatic carbocycles. The van der Waals surface area contributed by atoms with Gasteiger partial charge in [-0.1, -0.05) is 0 Å². The lowest BCUT2D eigenvalue weighted by atomic mass is 10.3. The van der Waals surface area contributed by atoms with E-state index in [-0.39, 0.29) is 11.9 Å². The summed E-state index contributed by atoms with van der Waals surface area (Å²) < 4.78 is 12.2. The summed E-state index contributed by atoms with van der Waals surface area (Å²) in [5.74, 6) is 1.48. The van der Waals surface area contributed by atoms with Gasteiger partial charge < -0.3 is 14.4 Å². The van der Waals surface area contributed by atoms with Crippen LogP contribution in [0.25, 0.3) is 0 Å². The summed E-state index contributed by atoms with van der Waals surface area (Å²) in [6.07, 6.45) is 2.95. The van der Waals surface area contributed by atoms with Gasteiger partial charge in [-0.05, 0) is 31.2 Å². The molecule has 118 valence electrons. The number of carbonyl (C=O) groups excluding carboxylic acids is 1. The lowest BCUT2D eigenvalue weighted by Crippen LogP contribution is -2.36. The molecule has 22 heavy (non-hydrogen) atoms. The molecule has 2 rings (SSSR count). The van der Waals surface area contributed by atoms with E-state index in [9.17, 15) is 4.79 Å². The smallest absolute Gasteiger partial charge is 0.247 e. The molecule has 0 aliphatic rings. The van der Waals surface area contributed by atoms with Gasteiger partial charge in [0.2, 0.25) is 5.91 Å². The molecule has 1 heterocycles. The molecule has 7 heteroatoms. The summed E-state index contributed by atoms with van der Waals surface area (Å²) in [6.45, 7) is 2.69. The maximum Gasteiger partial charge on any atom is 0.247 e. The second-order valence-electron chi connectivity index (χ2n) is 4.84. The van der Waals surface area contributed by atoms with Crippen molar-refractivity contribution in [2.75, 3.05) is 27.3 Å². The molecule has 0 radical (unpaired) electrons. The Balaban J connectivity index is 1.79. The first kappa shape index (κ1) is 15.8. The second kappa shape index (κ2) is 7.44. The summed E-state index contributed by atoms with van der Waals surface area (Å²) in [4.78, 5) is 17.7. The Morgan fingerprint density at radius 2 is 2.00 bits per heavy atom. The fourth-order valence-electron chi connectivity index (χ4n) is 1.93. The highest BCUT2D eigenvalue weighted by molar-refractivity contribution is 5.79. The van der Waals surface area contributed by atoms with Crippen molar-refractivity contribution < 1.29 is 14.3 Å². The first-order valence-electron chi connectivity index (χ1n) is 6.97. The Bertz CT molecular complexity index is 583. The van der Waals surface area contributed by atoms with Crippen molar-refractivity contribution in [2.24, 2.45) is 0 Å². The fraction of sp³-hybridized carbons (Fsp3) is 0.400. The minimum Gasteiger partial charge on any atom is -0.497 e. The average Bonchev–Trinajstić information content (AvgIpc) is 3.08. The molecule has 0 bridgehead atoms. The van der Waals surface area contributed by atoms with Gasteiger partial charge in [-0.15, -0.1) is 0 Å². The lowest BCUT2D eigenvalue weighted by molar-refractivity contribution is -0.133. The molecule has 2 aromatic rings. The molecule has 0 saturated heterocycles. The number of methoxy groups -OCH3 is 1. The molecule has 0 aliphatic heterocycles. The molecule has 7 nitrogen and oxygen atoms in total. The van der Waals surface area contributed by atoms with Crippen molar-refractivity contribution in [3.05, 3.63) is 36.9 Å². The van der Waals surface area contributed by atoms with E-state index in [0.29, 0.717) is 13.2 Å². The Labute approximate surface area is 129 Å². The summed E-state index contributed by atoms with van der Waals surface area (Å²) in [5.41, 5.74) is 0. The molecule has 0 fully saturated rings. The lowest BCUT2D eigenvalue weighted by Gasteiger charge is -2.21. The van der Waals surface area contributed by atoms with Gasteiger partial charge in [0.15, 0.2) is 0 Å². The van der Waals surface area contributed by atoms with E-state index in [1.54, 1.807) is 26.0 Å². The first-order chi connectivity index (χ1) is 10.6. The molecule has 0 saturated carbocycles. The molecule has 1 atom stereocenters. The summed E-state index contributed by atoms with van der Waals surface area (Å²) >= 11 is 0. The molecular weight excluding hydrogens is 284 g/mol. The van der Waals surface area contributed by atoms with Crippen LogP contribution in [0.5, 0.6) is 11.5 Å². The van der Waals surface area contributed by atoms with Crippen LogP contribution in [0.15, 0.2) is 36.9 Å². The van der Waals surface area contributed by atoms with Gasteiger partial charge in [0, 0.05) is 7.05 Å². The first-order valence-corrected chi connectivity index (χ1v) is 6.97. The van der Waals surface area contributed by atoms with Gasteiger partial charge in [-0.2, -0.15) is 5.10 Å². The van der Waals surface area contributed by atoms with Crippen LogP contribution in [-0.4, -0.2) is 52.9 Å². The maximum absolute atomic E-state index is 12.2. The largest absolute Gasteiger partial charge is 0.497 e. The van der Waals surface area contributed by atoms with Crippen LogP contribution in [0, 0.1) is 0 Å². The molecule has 0 spiro atoms. The Kier molecular flexibility index (Phi) is 5.35. The molecular formula is C15H20N4O3. The van der Waals surface area contributed by atoms with Gasteiger partial charge in [-0.3, -0.25) is 4.79 Å². The van der Waals surface area contributed by atoms with Crippen molar-refractivity contribution in [3.63, 3.8) is 0 Å². The Morgan fingerprint density at radius 3 is 2.59 bits per heavy atom. The molecule has 1 amide bonds. The number of aromatic nitrogens is 3. The highest BCUT2D eigenvalue weighted by Gasteiger charge is 2.19. The van der Waals surface area contributed by atoms with E-state index in [0.717, 1.165) is 11.5 Å². The molecule has 1 aromatic carbocycles. The average molecular weight is 304 g/mol. The van der Waals surface area contributed by atoms with Crippen LogP contribution in [0.1, 0.15) is 13.0 Å². The van der Waals surface area contributed by atoms with Gasteiger partial charge in [0.25, 0.3) is 0 Å². The van der Waals surface area contributed by atoms with Crippen LogP contribution >= 0.6 is 0 Å². The number of nitrogens with zero attached hydrogens (tertiary/aromatic N) is 4. The zero-order chi connectivity index (χ0) is 15.9. The third-order valence-electron chi connectivity index (χ3n) is 3.32. The SMILES string of the molecule is COc1ccc(OCCN(C)C(=O)[C@@H](C)n2cncn2)cc1. The maximum atomic E-state index is 12.2. The third kappa shape index (κ3) is 3.97. The summed E-state index contributed by atoms with van der Waals surface area (Å²) in [7, 11) is 3.36. The van der Waals surface area contributed by atoms with Gasteiger partial charge in [0.05, 0.1) is 13.7 Å². The van der Waals surface area contributed by atoms with Crippen LogP contribution in [0.4, 0.5) is 0 Å². The van der Waals surface area contributed by atoms with E-state index in [1.165, 1.54) is 17.3 Å². The van der Waals surface area contributed by atoms with Gasteiger partial charge in [0.1, 0.15) is 36.8 Å². The van der Waals surface area contributed by atoms with Crippen LogP contribution in [0.3, 0.4) is 0 Å². The number of benzene rings is 1. The van der Waals surface area contributed by atoms with E-state index in [4.69, 9.17) is 9.47 Å². The number of carbonyl (C=O) groups is 1. The van der Waals surface area contributed by atoms with E-state index in [2.05, 4.69) is 10.1 Å². The minimum absolute atomic E-state index is 0.0381. The van der Waals surface area contributed by atoms with Crippen molar-refractivity contribution in [1.29, 1.82) is 0 Å². The molecule has 1 aromatic heterocycles. The van der Waals surface area contributed by atoms with E-state index < -0.39 is 0 Å². The van der Waals surface area contributed by atoms with Gasteiger partial charge >= 0.3 is 0 Å². The highest BCUT2D eigenvalue weighted by Crippen LogP contribution is 2.17. The van der Waals surface area contributed by atoms with Crippen molar-refractivity contribution >= 4 is 5.91 Å². The quantitative estimate of drug-likeness (QED) is 0.773. The van der Waals surface area contributed by atoms with Crippen molar-refractivity contribution in [1.82, 2.24) is 19.7 Å². The summed E-state index contributed by atoms with van der Waals surface area (Å²) in [5, 5.41) is 3.98. The zero-order valence-corrected chi connectivity index (χ0v) is 13.0. The van der Waals surface area contributed by atoms with Crippen molar-refractivity contribution in [2.45, 2.75) is 13.0 Å². The predicted molar refractivity (Wildman–Crippen MR) is 80.9 cm³/mol. The minimum atomic E-state index is -0.381. The number of amides is 1. The van der Waals surface area contributed by atoms with Crippen LogP contribution in [0.2, 0.25) is 0 Å². The standard InChI is InChI=1S/C15H20N4O3/c1-12(19-11-16-10-17-19)15(20)18(2)8-9-22-14-6-4-13(21-3)5-7-14/h4-7,10-12H,8-9H2,1-3H3/t12-/m1/s1. The normalized spacial score (nSPS) is 11.8. The predicted octanol–water partition coefficient (Wildman–Crippen LogP) is 1.39. The zero-order valence-electron chi connectivity index (χ0n) is 13.0. The van der Waals surface area contributed by atoms with Crippen LogP contribution in [-0.2, 0) is 4.79 Å². The number of ether oxygens (including phenoxy) is 2.